The minimum Gasteiger partial charge on any atom is -0.548 e. The van der Waals surface area contributed by atoms with Gasteiger partial charge in [-0.15, -0.1) is 0 Å². The number of carbonyl (C=O) groups is 2. The smallest absolute Gasteiger partial charge is 0.329 e. The average molecular weight is 290 g/mol. The third-order valence-corrected chi connectivity index (χ3v) is 2.92. The number of rotatable bonds is 4. The summed E-state index contributed by atoms with van der Waals surface area (Å²) >= 11 is 0. The van der Waals surface area contributed by atoms with E-state index in [9.17, 15) is 24.3 Å². The van der Waals surface area contributed by atoms with Gasteiger partial charge in [-0.25, -0.2) is 4.79 Å². The quantitative estimate of drug-likeness (QED) is 0.670. The first-order valence-corrected chi connectivity index (χ1v) is 6.12. The lowest BCUT2D eigenvalue weighted by Gasteiger charge is -2.14. The fourth-order valence-corrected chi connectivity index (χ4v) is 1.83. The Morgan fingerprint density at radius 1 is 1.33 bits per heavy atom. The van der Waals surface area contributed by atoms with E-state index in [0.717, 1.165) is 0 Å². The first-order chi connectivity index (χ1) is 9.90. The Morgan fingerprint density at radius 3 is 2.67 bits per heavy atom. The number of fused-ring (bicyclic) bond motifs is 1. The second-order valence-corrected chi connectivity index (χ2v) is 4.48. The van der Waals surface area contributed by atoms with Crippen molar-refractivity contribution >= 4 is 22.8 Å². The summed E-state index contributed by atoms with van der Waals surface area (Å²) in [5.74, 6) is -2.22. The van der Waals surface area contributed by atoms with E-state index in [2.05, 4.69) is 10.3 Å². The van der Waals surface area contributed by atoms with Crippen molar-refractivity contribution < 1.29 is 14.7 Å². The van der Waals surface area contributed by atoms with E-state index in [1.807, 2.05) is 0 Å². The van der Waals surface area contributed by atoms with Crippen molar-refractivity contribution in [1.29, 1.82) is 0 Å². The molecule has 0 aliphatic heterocycles. The fraction of sp³-hybridized carbons (Fsp3) is 0.231. The molecule has 8 nitrogen and oxygen atoms in total. The van der Waals surface area contributed by atoms with Gasteiger partial charge in [-0.1, -0.05) is 12.1 Å². The number of carboxylic acids is 1. The van der Waals surface area contributed by atoms with Crippen LogP contribution in [0.25, 0.3) is 10.9 Å². The number of hydrogen-bond acceptors (Lipinski definition) is 5. The van der Waals surface area contributed by atoms with Gasteiger partial charge in [0.25, 0.3) is 5.56 Å². The number of nitrogens with zero attached hydrogens (tertiary/aromatic N) is 1. The minimum atomic E-state index is -1.46. The van der Waals surface area contributed by atoms with Crippen molar-refractivity contribution in [3.05, 3.63) is 45.1 Å². The third kappa shape index (κ3) is 2.99. The molecule has 0 aliphatic carbocycles. The van der Waals surface area contributed by atoms with Gasteiger partial charge in [0.15, 0.2) is 0 Å². The number of aliphatic carboxylic acids is 1. The molecule has 1 aromatic carbocycles. The summed E-state index contributed by atoms with van der Waals surface area (Å²) in [7, 11) is 0. The Morgan fingerprint density at radius 2 is 2.00 bits per heavy atom. The number of hydrogen-bond donors (Lipinski definition) is 2. The van der Waals surface area contributed by atoms with E-state index in [4.69, 9.17) is 0 Å². The molecule has 8 heteroatoms. The van der Waals surface area contributed by atoms with Crippen molar-refractivity contribution in [1.82, 2.24) is 14.9 Å². The maximum absolute atomic E-state index is 12.1. The van der Waals surface area contributed by atoms with Crippen LogP contribution < -0.4 is 21.7 Å². The lowest BCUT2D eigenvalue weighted by atomic mass is 10.2. The summed E-state index contributed by atoms with van der Waals surface area (Å²) < 4.78 is 0.708. The number of H-pyrrole nitrogens is 1. The summed E-state index contributed by atoms with van der Waals surface area (Å²) in [4.78, 5) is 48.6. The third-order valence-electron chi connectivity index (χ3n) is 2.92. The highest BCUT2D eigenvalue weighted by molar-refractivity contribution is 5.82. The number of aromatic nitrogens is 2. The van der Waals surface area contributed by atoms with Crippen LogP contribution in [0.1, 0.15) is 6.92 Å². The van der Waals surface area contributed by atoms with Crippen LogP contribution in [0.4, 0.5) is 0 Å². The van der Waals surface area contributed by atoms with Crippen molar-refractivity contribution in [2.45, 2.75) is 19.5 Å². The van der Waals surface area contributed by atoms with Crippen LogP contribution in [-0.4, -0.2) is 27.5 Å². The molecule has 0 aliphatic rings. The Balaban J connectivity index is 2.35. The molecular weight excluding hydrogens is 278 g/mol. The van der Waals surface area contributed by atoms with Gasteiger partial charge in [-0.05, 0) is 19.1 Å². The van der Waals surface area contributed by atoms with Crippen molar-refractivity contribution in [2.75, 3.05) is 0 Å². The van der Waals surface area contributed by atoms with E-state index >= 15 is 0 Å². The van der Waals surface area contributed by atoms with E-state index in [1.54, 1.807) is 18.2 Å². The monoisotopic (exact) mass is 290 g/mol. The molecule has 1 aromatic heterocycles. The molecule has 0 radical (unpaired) electrons. The van der Waals surface area contributed by atoms with Gasteiger partial charge in [0.1, 0.15) is 6.54 Å². The molecule has 1 heterocycles. The van der Waals surface area contributed by atoms with Gasteiger partial charge in [0, 0.05) is 0 Å². The largest absolute Gasteiger partial charge is 0.548 e. The van der Waals surface area contributed by atoms with E-state index in [0.29, 0.717) is 10.1 Å². The predicted molar refractivity (Wildman–Crippen MR) is 71.4 cm³/mol. The summed E-state index contributed by atoms with van der Waals surface area (Å²) in [5.41, 5.74) is -0.993. The zero-order valence-electron chi connectivity index (χ0n) is 11.1. The van der Waals surface area contributed by atoms with Gasteiger partial charge in [-0.2, -0.15) is 0 Å². The highest BCUT2D eigenvalue weighted by atomic mass is 16.4. The maximum atomic E-state index is 12.1. The number of carboxylic acid groups (broad SMARTS) is 1. The highest BCUT2D eigenvalue weighted by Gasteiger charge is 2.13. The topological polar surface area (TPSA) is 124 Å². The molecule has 2 aromatic rings. The molecule has 0 unspecified atom stereocenters. The molecule has 2 N–H and O–H groups in total. The molecular formula is C13H12N3O5-. The molecule has 2 rings (SSSR count). The van der Waals surface area contributed by atoms with Gasteiger partial charge < -0.3 is 20.2 Å². The van der Waals surface area contributed by atoms with Gasteiger partial charge in [0.2, 0.25) is 5.91 Å². The Bertz CT molecular complexity index is 820. The van der Waals surface area contributed by atoms with Crippen LogP contribution >= 0.6 is 0 Å². The Hall–Kier alpha value is -2.90. The van der Waals surface area contributed by atoms with E-state index in [-0.39, 0.29) is 5.39 Å². The van der Waals surface area contributed by atoms with Crippen LogP contribution in [0.2, 0.25) is 0 Å². The highest BCUT2D eigenvalue weighted by Crippen LogP contribution is 2.02. The molecule has 1 atom stereocenters. The standard InChI is InChI=1S/C13H13N3O5/c1-7(12(19)20)14-10(17)6-16-11(18)8-4-2-3-5-9(8)15-13(16)21/h2-5,7H,6H2,1H3,(H,14,17)(H,15,21)(H,19,20)/p-1/t7-/m0/s1. The zero-order chi connectivity index (χ0) is 15.6. The van der Waals surface area contributed by atoms with Gasteiger partial charge in [0.05, 0.1) is 22.9 Å². The number of para-hydroxylation sites is 1. The summed E-state index contributed by atoms with van der Waals surface area (Å²) in [6, 6.07) is 5.17. The predicted octanol–water partition coefficient (Wildman–Crippen LogP) is -2.06. The van der Waals surface area contributed by atoms with E-state index < -0.39 is 35.7 Å². The van der Waals surface area contributed by atoms with Crippen LogP contribution in [0.15, 0.2) is 33.9 Å². The molecule has 0 saturated carbocycles. The van der Waals surface area contributed by atoms with Crippen LogP contribution in [0.3, 0.4) is 0 Å². The number of benzene rings is 1. The molecule has 21 heavy (non-hydrogen) atoms. The first-order valence-electron chi connectivity index (χ1n) is 6.12. The number of amides is 1. The normalized spacial score (nSPS) is 12.0. The van der Waals surface area contributed by atoms with Crippen LogP contribution in [-0.2, 0) is 16.1 Å². The lowest BCUT2D eigenvalue weighted by Crippen LogP contribution is -2.48. The second-order valence-electron chi connectivity index (χ2n) is 4.48. The average Bonchev–Trinajstić information content (AvgIpc) is 2.43. The number of carbonyl (C=O) groups excluding carboxylic acids is 2. The second kappa shape index (κ2) is 5.61. The van der Waals surface area contributed by atoms with Gasteiger partial charge >= 0.3 is 5.69 Å². The Kier molecular flexibility index (Phi) is 3.88. The molecule has 0 spiro atoms. The molecule has 0 bridgehead atoms. The molecule has 0 fully saturated rings. The van der Waals surface area contributed by atoms with Crippen LogP contribution in [0, 0.1) is 0 Å². The zero-order valence-corrected chi connectivity index (χ0v) is 11.1. The van der Waals surface area contributed by atoms with Crippen LogP contribution in [0.5, 0.6) is 0 Å². The maximum Gasteiger partial charge on any atom is 0.329 e. The summed E-state index contributed by atoms with van der Waals surface area (Å²) in [5, 5.41) is 12.9. The molecule has 110 valence electrons. The summed E-state index contributed by atoms with van der Waals surface area (Å²) in [6.45, 7) is 0.650. The number of aromatic amines is 1. The van der Waals surface area contributed by atoms with Crippen molar-refractivity contribution in [3.63, 3.8) is 0 Å². The lowest BCUT2D eigenvalue weighted by molar-refractivity contribution is -0.307. The van der Waals surface area contributed by atoms with Crippen molar-refractivity contribution in [3.8, 4) is 0 Å². The first kappa shape index (κ1) is 14.5. The summed E-state index contributed by atoms with van der Waals surface area (Å²) in [6.07, 6.45) is 0. The van der Waals surface area contributed by atoms with Gasteiger partial charge in [-0.3, -0.25) is 14.2 Å². The SMILES string of the molecule is C[C@H](NC(=O)Cn1c(=O)[nH]c2ccccc2c1=O)C(=O)[O-]. The number of nitrogens with one attached hydrogen (secondary N) is 2. The minimum absolute atomic E-state index is 0.262. The fourth-order valence-electron chi connectivity index (χ4n) is 1.83. The molecule has 0 saturated heterocycles. The van der Waals surface area contributed by atoms with Crippen molar-refractivity contribution in [2.24, 2.45) is 0 Å². The molecule has 1 amide bonds. The Labute approximate surface area is 118 Å². The van der Waals surface area contributed by atoms with E-state index in [1.165, 1.54) is 13.0 Å².